The van der Waals surface area contributed by atoms with Crippen LogP contribution in [0.3, 0.4) is 0 Å². The van der Waals surface area contributed by atoms with Gasteiger partial charge in [0, 0.05) is 24.1 Å². The molecule has 11 heteroatoms. The molecule has 10 nitrogen and oxygen atoms in total. The number of esters is 1. The van der Waals surface area contributed by atoms with Crippen molar-refractivity contribution in [1.82, 2.24) is 20.2 Å². The highest BCUT2D eigenvalue weighted by atomic mass is 32.2. The SMILES string of the molecule is Cc1ccc(C)c(OCCOC(=O)c2cc([N+](=O)[O-])ccc2Sc2nnnn2C)c1. The summed E-state index contributed by atoms with van der Waals surface area (Å²) in [4.78, 5) is 23.6. The molecule has 0 atom stereocenters. The Bertz CT molecular complexity index is 1080. The molecule has 0 amide bonds. The molecule has 156 valence electrons. The lowest BCUT2D eigenvalue weighted by Gasteiger charge is -2.11. The number of hydrogen-bond donors (Lipinski definition) is 0. The molecule has 0 N–H and O–H groups in total. The highest BCUT2D eigenvalue weighted by Gasteiger charge is 2.20. The van der Waals surface area contributed by atoms with E-state index in [9.17, 15) is 14.9 Å². The third kappa shape index (κ3) is 5.11. The molecular formula is C19H19N5O5S. The molecule has 0 saturated carbocycles. The van der Waals surface area contributed by atoms with E-state index in [1.807, 2.05) is 32.0 Å². The number of rotatable bonds is 8. The predicted molar refractivity (Wildman–Crippen MR) is 108 cm³/mol. The number of nitrogens with zero attached hydrogens (tertiary/aromatic N) is 5. The van der Waals surface area contributed by atoms with E-state index < -0.39 is 10.9 Å². The third-order valence-corrected chi connectivity index (χ3v) is 5.20. The number of benzene rings is 2. The highest BCUT2D eigenvalue weighted by Crippen LogP contribution is 2.31. The number of aromatic nitrogens is 4. The molecule has 0 fully saturated rings. The molecule has 0 radical (unpaired) electrons. The van der Waals surface area contributed by atoms with E-state index in [0.717, 1.165) is 22.9 Å². The number of carbonyl (C=O) groups excluding carboxylic acids is 1. The lowest BCUT2D eigenvalue weighted by Crippen LogP contribution is -2.14. The zero-order valence-electron chi connectivity index (χ0n) is 16.6. The van der Waals surface area contributed by atoms with Crippen LogP contribution < -0.4 is 4.74 Å². The fourth-order valence-corrected chi connectivity index (χ4v) is 3.34. The zero-order chi connectivity index (χ0) is 21.7. The van der Waals surface area contributed by atoms with E-state index in [2.05, 4.69) is 15.5 Å². The van der Waals surface area contributed by atoms with Crippen LogP contribution >= 0.6 is 11.8 Å². The van der Waals surface area contributed by atoms with Gasteiger partial charge in [0.25, 0.3) is 5.69 Å². The van der Waals surface area contributed by atoms with Gasteiger partial charge < -0.3 is 9.47 Å². The predicted octanol–water partition coefficient (Wildman–Crippen LogP) is 3.12. The second kappa shape index (κ2) is 9.35. The van der Waals surface area contributed by atoms with Gasteiger partial charge in [-0.2, -0.15) is 0 Å². The average molecular weight is 429 g/mol. The summed E-state index contributed by atoms with van der Waals surface area (Å²) in [7, 11) is 1.65. The van der Waals surface area contributed by atoms with Gasteiger partial charge >= 0.3 is 5.97 Å². The van der Waals surface area contributed by atoms with Crippen molar-refractivity contribution in [2.45, 2.75) is 23.9 Å². The molecule has 0 aliphatic rings. The van der Waals surface area contributed by atoms with Gasteiger partial charge in [-0.3, -0.25) is 10.1 Å². The summed E-state index contributed by atoms with van der Waals surface area (Å²) in [6.45, 7) is 4.03. The minimum Gasteiger partial charge on any atom is -0.490 e. The maximum Gasteiger partial charge on any atom is 0.339 e. The van der Waals surface area contributed by atoms with Gasteiger partial charge in [-0.1, -0.05) is 12.1 Å². The van der Waals surface area contributed by atoms with Crippen molar-refractivity contribution in [3.8, 4) is 5.75 Å². The lowest BCUT2D eigenvalue weighted by atomic mass is 10.1. The lowest BCUT2D eigenvalue weighted by molar-refractivity contribution is -0.384. The topological polar surface area (TPSA) is 122 Å². The number of tetrazole rings is 1. The molecular weight excluding hydrogens is 410 g/mol. The number of nitro groups is 1. The number of carbonyl (C=O) groups is 1. The molecule has 0 saturated heterocycles. The minimum absolute atomic E-state index is 0.00940. The van der Waals surface area contributed by atoms with Crippen molar-refractivity contribution >= 4 is 23.4 Å². The quantitative estimate of drug-likeness (QED) is 0.230. The van der Waals surface area contributed by atoms with Gasteiger partial charge in [-0.15, -0.1) is 5.10 Å². The first kappa shape index (κ1) is 21.2. The summed E-state index contributed by atoms with van der Waals surface area (Å²) in [6.07, 6.45) is 0. The first-order valence-corrected chi connectivity index (χ1v) is 9.72. The average Bonchev–Trinajstić information content (AvgIpc) is 3.12. The van der Waals surface area contributed by atoms with Crippen molar-refractivity contribution in [1.29, 1.82) is 0 Å². The van der Waals surface area contributed by atoms with E-state index in [4.69, 9.17) is 9.47 Å². The number of aryl methyl sites for hydroxylation is 3. The molecule has 1 aromatic heterocycles. The van der Waals surface area contributed by atoms with Crippen LogP contribution in [0.15, 0.2) is 46.5 Å². The largest absolute Gasteiger partial charge is 0.490 e. The number of nitro benzene ring substituents is 1. The Morgan fingerprint density at radius 1 is 1.20 bits per heavy atom. The molecule has 1 heterocycles. The summed E-state index contributed by atoms with van der Waals surface area (Å²) < 4.78 is 12.4. The Hall–Kier alpha value is -3.47. The van der Waals surface area contributed by atoms with Crippen LogP contribution in [0.2, 0.25) is 0 Å². The van der Waals surface area contributed by atoms with Crippen LogP contribution in [0.4, 0.5) is 5.69 Å². The van der Waals surface area contributed by atoms with E-state index >= 15 is 0 Å². The summed E-state index contributed by atoms with van der Waals surface area (Å²) in [5.74, 6) is 0.0216. The molecule has 3 aromatic rings. The summed E-state index contributed by atoms with van der Waals surface area (Å²) >= 11 is 1.11. The van der Waals surface area contributed by atoms with Crippen molar-refractivity contribution in [3.63, 3.8) is 0 Å². The van der Waals surface area contributed by atoms with Crippen molar-refractivity contribution in [2.24, 2.45) is 7.05 Å². The number of ether oxygens (including phenoxy) is 2. The van der Waals surface area contributed by atoms with Gasteiger partial charge in [0.1, 0.15) is 19.0 Å². The Balaban J connectivity index is 1.70. The van der Waals surface area contributed by atoms with Crippen LogP contribution in [0.1, 0.15) is 21.5 Å². The highest BCUT2D eigenvalue weighted by molar-refractivity contribution is 7.99. The molecule has 0 spiro atoms. The Labute approximate surface area is 176 Å². The van der Waals surface area contributed by atoms with E-state index in [1.165, 1.54) is 22.9 Å². The Morgan fingerprint density at radius 2 is 2.00 bits per heavy atom. The summed E-state index contributed by atoms with van der Waals surface area (Å²) in [5.41, 5.74) is 1.88. The fraction of sp³-hybridized carbons (Fsp3) is 0.263. The number of non-ortho nitro benzene ring substituents is 1. The molecule has 2 aromatic carbocycles. The van der Waals surface area contributed by atoms with E-state index in [1.54, 1.807) is 7.05 Å². The molecule has 0 aliphatic carbocycles. The van der Waals surface area contributed by atoms with E-state index in [-0.39, 0.29) is 24.5 Å². The van der Waals surface area contributed by atoms with Crippen LogP contribution in [0, 0.1) is 24.0 Å². The first-order chi connectivity index (χ1) is 14.3. The van der Waals surface area contributed by atoms with Crippen LogP contribution in [-0.2, 0) is 11.8 Å². The molecule has 0 aliphatic heterocycles. The monoisotopic (exact) mass is 429 g/mol. The summed E-state index contributed by atoms with van der Waals surface area (Å²) in [6, 6.07) is 9.80. The van der Waals surface area contributed by atoms with Crippen LogP contribution in [0.5, 0.6) is 5.75 Å². The molecule has 0 bridgehead atoms. The maximum absolute atomic E-state index is 12.6. The molecule has 3 rings (SSSR count). The molecule has 0 unspecified atom stereocenters. The van der Waals surface area contributed by atoms with Crippen LogP contribution in [-0.4, -0.2) is 44.3 Å². The molecule has 30 heavy (non-hydrogen) atoms. The standard InChI is InChI=1S/C19H19N5O5S/c1-12-4-5-13(2)16(10-12)28-8-9-29-18(25)15-11-14(24(26)27)6-7-17(15)30-19-20-21-22-23(19)3/h4-7,10-11H,8-9H2,1-3H3. The first-order valence-electron chi connectivity index (χ1n) is 8.91. The third-order valence-electron chi connectivity index (χ3n) is 4.09. The van der Waals surface area contributed by atoms with Gasteiger partial charge in [0.2, 0.25) is 5.16 Å². The summed E-state index contributed by atoms with van der Waals surface area (Å²) in [5, 5.41) is 22.7. The fourth-order valence-electron chi connectivity index (χ4n) is 2.51. The van der Waals surface area contributed by atoms with Gasteiger partial charge in [0.15, 0.2) is 0 Å². The smallest absolute Gasteiger partial charge is 0.339 e. The maximum atomic E-state index is 12.6. The minimum atomic E-state index is -0.694. The van der Waals surface area contributed by atoms with Gasteiger partial charge in [-0.25, -0.2) is 9.48 Å². The zero-order valence-corrected chi connectivity index (χ0v) is 17.4. The van der Waals surface area contributed by atoms with Crippen molar-refractivity contribution in [3.05, 3.63) is 63.2 Å². The van der Waals surface area contributed by atoms with Crippen molar-refractivity contribution in [2.75, 3.05) is 13.2 Å². The van der Waals surface area contributed by atoms with E-state index in [0.29, 0.717) is 15.8 Å². The van der Waals surface area contributed by atoms with Gasteiger partial charge in [-0.05, 0) is 59.3 Å². The second-order valence-electron chi connectivity index (χ2n) is 6.38. The number of hydrogen-bond acceptors (Lipinski definition) is 9. The van der Waals surface area contributed by atoms with Crippen molar-refractivity contribution < 1.29 is 19.2 Å². The Kier molecular flexibility index (Phi) is 6.62. The van der Waals surface area contributed by atoms with Gasteiger partial charge in [0.05, 0.1) is 10.5 Å². The van der Waals surface area contributed by atoms with Crippen LogP contribution in [0.25, 0.3) is 0 Å². The second-order valence-corrected chi connectivity index (χ2v) is 7.39. The Morgan fingerprint density at radius 3 is 2.70 bits per heavy atom. The normalized spacial score (nSPS) is 10.6.